The molecule has 0 unspecified atom stereocenters. The maximum absolute atomic E-state index is 11.4. The minimum atomic E-state index is -0.583. The molecule has 0 amide bonds. The van der Waals surface area contributed by atoms with E-state index in [1.54, 1.807) is 39.6 Å². The fourth-order valence-electron chi connectivity index (χ4n) is 1.04. The van der Waals surface area contributed by atoms with Crippen LogP contribution in [-0.2, 0) is 19.1 Å². The first-order chi connectivity index (χ1) is 7.28. The molecule has 0 atom stereocenters. The molecule has 0 aromatic heterocycles. The molecule has 0 aliphatic heterocycles. The minimum absolute atomic E-state index is 0.117. The van der Waals surface area contributed by atoms with E-state index in [-0.39, 0.29) is 18.4 Å². The van der Waals surface area contributed by atoms with E-state index in [1.165, 1.54) is 0 Å². The fourth-order valence-corrected chi connectivity index (χ4v) is 1.04. The molecular formula is C12H16O4. The quantitative estimate of drug-likeness (QED) is 0.538. The largest absolute Gasteiger partial charge is 0.460 e. The second kappa shape index (κ2) is 6.06. The number of allylic oxidation sites excluding steroid dienone is 1. The zero-order valence-electron chi connectivity index (χ0n) is 10.0. The second-order valence-corrected chi connectivity index (χ2v) is 4.53. The van der Waals surface area contributed by atoms with E-state index >= 15 is 0 Å². The Morgan fingerprint density at radius 3 is 2.06 bits per heavy atom. The lowest BCUT2D eigenvalue weighted by molar-refractivity contribution is -0.153. The molecule has 4 nitrogen and oxygen atoms in total. The molecule has 16 heavy (non-hydrogen) atoms. The summed E-state index contributed by atoms with van der Waals surface area (Å²) < 4.78 is 5.04. The van der Waals surface area contributed by atoms with Gasteiger partial charge in [0.1, 0.15) is 17.5 Å². The van der Waals surface area contributed by atoms with Gasteiger partial charge in [0.25, 0.3) is 0 Å². The van der Waals surface area contributed by atoms with Gasteiger partial charge < -0.3 is 4.74 Å². The Kier molecular flexibility index (Phi) is 5.44. The van der Waals surface area contributed by atoms with Crippen molar-refractivity contribution in [1.82, 2.24) is 0 Å². The Hall–Kier alpha value is -1.63. The Labute approximate surface area is 95.0 Å². The van der Waals surface area contributed by atoms with Crippen LogP contribution >= 0.6 is 0 Å². The molecule has 0 aliphatic carbocycles. The number of carbonyl (C=O) groups is 1. The molecule has 4 heteroatoms. The molecule has 0 spiro atoms. The van der Waals surface area contributed by atoms with Crippen molar-refractivity contribution < 1.29 is 19.1 Å². The summed E-state index contributed by atoms with van der Waals surface area (Å²) in [5.41, 5.74) is -0.0160. The third-order valence-electron chi connectivity index (χ3n) is 1.57. The maximum atomic E-state index is 11.4. The van der Waals surface area contributed by atoms with Gasteiger partial charge in [0.15, 0.2) is 0 Å². The van der Waals surface area contributed by atoms with Crippen molar-refractivity contribution >= 4 is 17.9 Å². The molecule has 88 valence electrons. The summed E-state index contributed by atoms with van der Waals surface area (Å²) in [5.74, 6) is 2.82. The van der Waals surface area contributed by atoms with Crippen molar-refractivity contribution in [1.29, 1.82) is 0 Å². The average Bonchev–Trinajstić information content (AvgIpc) is 2.13. The van der Waals surface area contributed by atoms with E-state index in [9.17, 15) is 14.4 Å². The molecule has 0 radical (unpaired) electrons. The lowest BCUT2D eigenvalue weighted by Crippen LogP contribution is -2.24. The van der Waals surface area contributed by atoms with Crippen molar-refractivity contribution in [3.8, 4) is 0 Å². The van der Waals surface area contributed by atoms with E-state index in [2.05, 4.69) is 0 Å². The zero-order chi connectivity index (χ0) is 12.8. The van der Waals surface area contributed by atoms with Crippen LogP contribution in [0.4, 0.5) is 0 Å². The lowest BCUT2D eigenvalue weighted by Gasteiger charge is -2.19. The van der Waals surface area contributed by atoms with Crippen molar-refractivity contribution in [2.45, 2.75) is 46.1 Å². The van der Waals surface area contributed by atoms with Crippen LogP contribution in [0.2, 0.25) is 0 Å². The fraction of sp³-hybridized carbons (Fsp3) is 0.583. The van der Waals surface area contributed by atoms with Gasteiger partial charge in [0.05, 0.1) is 6.42 Å². The van der Waals surface area contributed by atoms with E-state index in [0.717, 1.165) is 0 Å². The Balaban J connectivity index is 4.42. The zero-order valence-corrected chi connectivity index (χ0v) is 10.0. The van der Waals surface area contributed by atoms with Gasteiger partial charge in [-0.05, 0) is 27.7 Å². The number of rotatable bonds is 4. The minimum Gasteiger partial charge on any atom is -0.460 e. The van der Waals surface area contributed by atoms with Crippen LogP contribution in [0.1, 0.15) is 40.5 Å². The summed E-state index contributed by atoms with van der Waals surface area (Å²) in [6.07, 6.45) is -0.0218. The molecule has 0 fully saturated rings. The van der Waals surface area contributed by atoms with Crippen LogP contribution in [0.15, 0.2) is 11.1 Å². The van der Waals surface area contributed by atoms with Crippen LogP contribution in [0.25, 0.3) is 0 Å². The van der Waals surface area contributed by atoms with Gasteiger partial charge in [0.2, 0.25) is 0 Å². The third-order valence-corrected chi connectivity index (χ3v) is 1.57. The van der Waals surface area contributed by atoms with Crippen molar-refractivity contribution in [3.05, 3.63) is 11.1 Å². The van der Waals surface area contributed by atoms with E-state index in [1.807, 2.05) is 0 Å². The molecule has 0 aliphatic rings. The monoisotopic (exact) mass is 224 g/mol. The van der Waals surface area contributed by atoms with Crippen molar-refractivity contribution in [3.63, 3.8) is 0 Å². The standard InChI is InChI=1S/C12H16O4/c1-9(7-13)5-10(8-14)6-11(15)16-12(2,3)4/h5-6H2,1-4H3. The molecule has 0 heterocycles. The van der Waals surface area contributed by atoms with Gasteiger partial charge in [-0.25, -0.2) is 9.59 Å². The molecule has 0 aromatic carbocycles. The summed E-state index contributed by atoms with van der Waals surface area (Å²) in [7, 11) is 0. The van der Waals surface area contributed by atoms with Crippen molar-refractivity contribution in [2.24, 2.45) is 0 Å². The average molecular weight is 224 g/mol. The van der Waals surface area contributed by atoms with Gasteiger partial charge >= 0.3 is 5.97 Å². The molecule has 0 aromatic rings. The number of hydrogen-bond donors (Lipinski definition) is 0. The Bertz CT molecular complexity index is 361. The van der Waals surface area contributed by atoms with E-state index < -0.39 is 11.6 Å². The second-order valence-electron chi connectivity index (χ2n) is 4.53. The molecule has 0 saturated heterocycles. The SMILES string of the molecule is CC(=C=O)CC(=C=O)CC(=O)OC(C)(C)C. The highest BCUT2D eigenvalue weighted by Crippen LogP contribution is 2.14. The highest BCUT2D eigenvalue weighted by Gasteiger charge is 2.17. The van der Waals surface area contributed by atoms with Gasteiger partial charge in [-0.3, -0.25) is 4.79 Å². The molecule has 0 N–H and O–H groups in total. The topological polar surface area (TPSA) is 60.4 Å². The predicted molar refractivity (Wildman–Crippen MR) is 59.2 cm³/mol. The van der Waals surface area contributed by atoms with Crippen LogP contribution in [0.3, 0.4) is 0 Å². The highest BCUT2D eigenvalue weighted by atomic mass is 16.6. The highest BCUT2D eigenvalue weighted by molar-refractivity contribution is 5.77. The number of ether oxygens (including phenoxy) is 1. The van der Waals surface area contributed by atoms with E-state index in [0.29, 0.717) is 5.57 Å². The normalized spacial score (nSPS) is 10.0. The van der Waals surface area contributed by atoms with Crippen LogP contribution in [0, 0.1) is 0 Å². The molecule has 0 saturated carbocycles. The summed E-state index contributed by atoms with van der Waals surface area (Å²) >= 11 is 0. The van der Waals surface area contributed by atoms with Crippen LogP contribution in [0.5, 0.6) is 0 Å². The third kappa shape index (κ3) is 6.77. The summed E-state index contributed by atoms with van der Waals surface area (Å²) in [6, 6.07) is 0. The first-order valence-corrected chi connectivity index (χ1v) is 4.93. The summed E-state index contributed by atoms with van der Waals surface area (Å²) in [5, 5.41) is 0. The van der Waals surface area contributed by atoms with E-state index in [4.69, 9.17) is 4.74 Å². The van der Waals surface area contributed by atoms with Gasteiger partial charge in [0, 0.05) is 17.6 Å². The number of hydrogen-bond acceptors (Lipinski definition) is 4. The number of esters is 1. The van der Waals surface area contributed by atoms with Crippen molar-refractivity contribution in [2.75, 3.05) is 0 Å². The first kappa shape index (κ1) is 14.4. The van der Waals surface area contributed by atoms with Gasteiger partial charge in [-0.2, -0.15) is 0 Å². The molecular weight excluding hydrogens is 208 g/mol. The number of carbonyl (C=O) groups excluding carboxylic acids is 3. The Morgan fingerprint density at radius 2 is 1.69 bits per heavy atom. The summed E-state index contributed by atoms with van der Waals surface area (Å²) in [4.78, 5) is 32.2. The van der Waals surface area contributed by atoms with Crippen LogP contribution in [-0.4, -0.2) is 23.5 Å². The first-order valence-electron chi connectivity index (χ1n) is 4.93. The van der Waals surface area contributed by atoms with Gasteiger partial charge in [-0.15, -0.1) is 0 Å². The molecule has 0 rings (SSSR count). The lowest BCUT2D eigenvalue weighted by atomic mass is 10.1. The Morgan fingerprint density at radius 1 is 1.12 bits per heavy atom. The van der Waals surface area contributed by atoms with Gasteiger partial charge in [-0.1, -0.05) is 0 Å². The predicted octanol–water partition coefficient (Wildman–Crippen LogP) is 1.64. The van der Waals surface area contributed by atoms with Crippen LogP contribution < -0.4 is 0 Å². The maximum Gasteiger partial charge on any atom is 0.311 e. The summed E-state index contributed by atoms with van der Waals surface area (Å²) in [6.45, 7) is 6.77. The molecule has 0 bridgehead atoms. The smallest absolute Gasteiger partial charge is 0.311 e.